The minimum absolute atomic E-state index is 0.195. The number of imidazole rings is 1. The Balaban J connectivity index is 1.48. The van der Waals surface area contributed by atoms with Gasteiger partial charge in [-0.25, -0.2) is 4.98 Å². The molecule has 2 aliphatic rings. The molecule has 0 N–H and O–H groups in total. The molecule has 1 saturated heterocycles. The van der Waals surface area contributed by atoms with Crippen molar-refractivity contribution in [3.05, 3.63) is 30.6 Å². The molecular formula is C17H22N4O. The molecule has 116 valence electrons. The molecule has 2 heterocycles. The van der Waals surface area contributed by atoms with Crippen molar-refractivity contribution >= 4 is 16.9 Å². The number of nitrogens with zero attached hydrogens (tertiary/aromatic N) is 4. The van der Waals surface area contributed by atoms with Gasteiger partial charge in [0.25, 0.3) is 0 Å². The number of benzene rings is 1. The number of fused-ring (bicyclic) bond motifs is 1. The molecule has 1 atom stereocenters. The van der Waals surface area contributed by atoms with E-state index in [1.54, 1.807) is 6.33 Å². The standard InChI is InChI=1S/C17H22N4O/c1-13(21-12-18-15-4-2-3-5-16(15)21)17(22)20-10-8-19(9-11-20)14-6-7-14/h2-5,12-14H,6-11H2,1H3/t13-/m1/s1. The first-order valence-corrected chi connectivity index (χ1v) is 8.18. The Morgan fingerprint density at radius 3 is 2.64 bits per heavy atom. The van der Waals surface area contributed by atoms with Gasteiger partial charge in [-0.05, 0) is 31.9 Å². The molecule has 0 radical (unpaired) electrons. The first-order chi connectivity index (χ1) is 10.7. The minimum Gasteiger partial charge on any atom is -0.338 e. The summed E-state index contributed by atoms with van der Waals surface area (Å²) in [6, 6.07) is 8.58. The van der Waals surface area contributed by atoms with Crippen molar-refractivity contribution < 1.29 is 4.79 Å². The summed E-state index contributed by atoms with van der Waals surface area (Å²) in [5.74, 6) is 0.207. The molecule has 0 bridgehead atoms. The van der Waals surface area contributed by atoms with Gasteiger partial charge in [-0.1, -0.05) is 12.1 Å². The second-order valence-electron chi connectivity index (χ2n) is 6.41. The van der Waals surface area contributed by atoms with E-state index in [1.165, 1.54) is 12.8 Å². The molecule has 1 aliphatic carbocycles. The fourth-order valence-corrected chi connectivity index (χ4v) is 3.42. The summed E-state index contributed by atoms with van der Waals surface area (Å²) in [5.41, 5.74) is 1.97. The first-order valence-electron chi connectivity index (χ1n) is 8.18. The highest BCUT2D eigenvalue weighted by Gasteiger charge is 2.33. The van der Waals surface area contributed by atoms with E-state index in [0.29, 0.717) is 0 Å². The average molecular weight is 298 g/mol. The molecule has 5 heteroatoms. The predicted molar refractivity (Wildman–Crippen MR) is 85.6 cm³/mol. The van der Waals surface area contributed by atoms with Crippen molar-refractivity contribution in [3.63, 3.8) is 0 Å². The van der Waals surface area contributed by atoms with Crippen LogP contribution in [0.4, 0.5) is 0 Å². The second-order valence-corrected chi connectivity index (χ2v) is 6.41. The highest BCUT2D eigenvalue weighted by Crippen LogP contribution is 2.28. The topological polar surface area (TPSA) is 41.4 Å². The number of para-hydroxylation sites is 2. The van der Waals surface area contributed by atoms with Crippen molar-refractivity contribution in [2.24, 2.45) is 0 Å². The molecule has 0 spiro atoms. The summed E-state index contributed by atoms with van der Waals surface area (Å²) in [5, 5.41) is 0. The number of carbonyl (C=O) groups is 1. The first kappa shape index (κ1) is 13.8. The molecule has 4 rings (SSSR count). The highest BCUT2D eigenvalue weighted by atomic mass is 16.2. The third-order valence-electron chi connectivity index (χ3n) is 4.94. The van der Waals surface area contributed by atoms with Crippen LogP contribution < -0.4 is 0 Å². The number of hydrogen-bond donors (Lipinski definition) is 0. The Hall–Kier alpha value is -1.88. The van der Waals surface area contributed by atoms with E-state index < -0.39 is 0 Å². The molecule has 1 aromatic carbocycles. The highest BCUT2D eigenvalue weighted by molar-refractivity contribution is 5.83. The monoisotopic (exact) mass is 298 g/mol. The zero-order valence-corrected chi connectivity index (χ0v) is 13.0. The van der Waals surface area contributed by atoms with E-state index >= 15 is 0 Å². The summed E-state index contributed by atoms with van der Waals surface area (Å²) in [7, 11) is 0. The molecule has 22 heavy (non-hydrogen) atoms. The fraction of sp³-hybridized carbons (Fsp3) is 0.529. The lowest BCUT2D eigenvalue weighted by molar-refractivity contribution is -0.136. The summed E-state index contributed by atoms with van der Waals surface area (Å²) >= 11 is 0. The van der Waals surface area contributed by atoms with Gasteiger partial charge >= 0.3 is 0 Å². The zero-order valence-electron chi connectivity index (χ0n) is 13.0. The van der Waals surface area contributed by atoms with Crippen molar-refractivity contribution in [1.29, 1.82) is 0 Å². The van der Waals surface area contributed by atoms with Crippen LogP contribution in [0.3, 0.4) is 0 Å². The summed E-state index contributed by atoms with van der Waals surface area (Å²) in [6.45, 7) is 5.73. The smallest absolute Gasteiger partial charge is 0.245 e. The van der Waals surface area contributed by atoms with E-state index in [9.17, 15) is 4.79 Å². The third-order valence-corrected chi connectivity index (χ3v) is 4.94. The normalized spacial score (nSPS) is 21.2. The van der Waals surface area contributed by atoms with E-state index in [2.05, 4.69) is 9.88 Å². The number of carbonyl (C=O) groups excluding carboxylic acids is 1. The van der Waals surface area contributed by atoms with Gasteiger partial charge < -0.3 is 9.47 Å². The molecule has 1 amide bonds. The molecule has 1 aromatic heterocycles. The molecular weight excluding hydrogens is 276 g/mol. The van der Waals surface area contributed by atoms with Crippen molar-refractivity contribution in [2.75, 3.05) is 26.2 Å². The second kappa shape index (κ2) is 5.39. The minimum atomic E-state index is -0.195. The van der Waals surface area contributed by atoms with Crippen molar-refractivity contribution in [2.45, 2.75) is 31.8 Å². The van der Waals surface area contributed by atoms with Crippen LogP contribution in [-0.2, 0) is 4.79 Å². The van der Waals surface area contributed by atoms with E-state index in [1.807, 2.05) is 40.7 Å². The summed E-state index contributed by atoms with van der Waals surface area (Å²) in [6.07, 6.45) is 4.46. The lowest BCUT2D eigenvalue weighted by atomic mass is 10.2. The van der Waals surface area contributed by atoms with Crippen LogP contribution in [-0.4, -0.2) is 57.5 Å². The molecule has 0 unspecified atom stereocenters. The lowest BCUT2D eigenvalue weighted by Gasteiger charge is -2.36. The molecule has 1 saturated carbocycles. The van der Waals surface area contributed by atoms with Crippen LogP contribution in [0.2, 0.25) is 0 Å². The third kappa shape index (κ3) is 2.39. The van der Waals surface area contributed by atoms with Crippen LogP contribution in [0.15, 0.2) is 30.6 Å². The van der Waals surface area contributed by atoms with E-state index in [-0.39, 0.29) is 11.9 Å². The Labute approximate surface area is 130 Å². The van der Waals surface area contributed by atoms with Crippen molar-refractivity contribution in [1.82, 2.24) is 19.4 Å². The van der Waals surface area contributed by atoms with Crippen LogP contribution in [0.5, 0.6) is 0 Å². The maximum Gasteiger partial charge on any atom is 0.245 e. The fourth-order valence-electron chi connectivity index (χ4n) is 3.42. The number of aromatic nitrogens is 2. The van der Waals surface area contributed by atoms with Crippen LogP contribution in [0.25, 0.3) is 11.0 Å². The molecule has 5 nitrogen and oxygen atoms in total. The SMILES string of the molecule is C[C@H](C(=O)N1CCN(C2CC2)CC1)n1cnc2ccccc21. The van der Waals surface area contributed by atoms with Crippen LogP contribution >= 0.6 is 0 Å². The van der Waals surface area contributed by atoms with Crippen LogP contribution in [0.1, 0.15) is 25.8 Å². The van der Waals surface area contributed by atoms with Crippen LogP contribution in [0, 0.1) is 0 Å². The largest absolute Gasteiger partial charge is 0.338 e. The summed E-state index contributed by atoms with van der Waals surface area (Å²) in [4.78, 5) is 21.7. The maximum atomic E-state index is 12.8. The quantitative estimate of drug-likeness (QED) is 0.869. The Kier molecular flexibility index (Phi) is 3.37. The average Bonchev–Trinajstić information content (AvgIpc) is 3.33. The maximum absolute atomic E-state index is 12.8. The van der Waals surface area contributed by atoms with E-state index in [0.717, 1.165) is 43.3 Å². The summed E-state index contributed by atoms with van der Waals surface area (Å²) < 4.78 is 1.99. The molecule has 2 aromatic rings. The number of amides is 1. The van der Waals surface area contributed by atoms with Gasteiger partial charge in [-0.15, -0.1) is 0 Å². The zero-order chi connectivity index (χ0) is 15.1. The van der Waals surface area contributed by atoms with E-state index in [4.69, 9.17) is 0 Å². The number of hydrogen-bond acceptors (Lipinski definition) is 3. The molecule has 2 fully saturated rings. The number of piperazine rings is 1. The van der Waals surface area contributed by atoms with Gasteiger partial charge in [0.2, 0.25) is 5.91 Å². The number of rotatable bonds is 3. The van der Waals surface area contributed by atoms with Gasteiger partial charge in [0, 0.05) is 32.2 Å². The molecule has 1 aliphatic heterocycles. The van der Waals surface area contributed by atoms with Crippen molar-refractivity contribution in [3.8, 4) is 0 Å². The van der Waals surface area contributed by atoms with Gasteiger partial charge in [-0.3, -0.25) is 9.69 Å². The predicted octanol–water partition coefficient (Wildman–Crippen LogP) is 1.90. The van der Waals surface area contributed by atoms with Gasteiger partial charge in [0.1, 0.15) is 6.04 Å². The Morgan fingerprint density at radius 2 is 1.91 bits per heavy atom. The van der Waals surface area contributed by atoms with Gasteiger partial charge in [-0.2, -0.15) is 0 Å². The Bertz CT molecular complexity index is 683. The van der Waals surface area contributed by atoms with Gasteiger partial charge in [0.15, 0.2) is 0 Å². The Morgan fingerprint density at radius 1 is 1.18 bits per heavy atom. The lowest BCUT2D eigenvalue weighted by Crippen LogP contribution is -2.50. The van der Waals surface area contributed by atoms with Gasteiger partial charge in [0.05, 0.1) is 17.4 Å².